The van der Waals surface area contributed by atoms with Crippen LogP contribution in [0.25, 0.3) is 0 Å². The summed E-state index contributed by atoms with van der Waals surface area (Å²) in [4.78, 5) is 25.1. The van der Waals surface area contributed by atoms with Crippen LogP contribution in [-0.4, -0.2) is 21.4 Å². The smallest absolute Gasteiger partial charge is 0.270 e. The SMILES string of the molecule is O=C1CS[C@@H](c2ccc(Cl)cc2Cl)c2c(n(C3CCCCC3)[nH]c2=O)N1. The summed E-state index contributed by atoms with van der Waals surface area (Å²) >= 11 is 13.8. The first-order chi connectivity index (χ1) is 12.5. The van der Waals surface area contributed by atoms with Gasteiger partial charge < -0.3 is 5.32 Å². The van der Waals surface area contributed by atoms with Crippen LogP contribution in [0.1, 0.15) is 54.5 Å². The summed E-state index contributed by atoms with van der Waals surface area (Å²) < 4.78 is 1.87. The van der Waals surface area contributed by atoms with Gasteiger partial charge in [-0.3, -0.25) is 19.4 Å². The van der Waals surface area contributed by atoms with Gasteiger partial charge in [0.05, 0.1) is 22.6 Å². The molecule has 2 N–H and O–H groups in total. The molecular weight excluding hydrogens is 393 g/mol. The number of nitrogens with one attached hydrogen (secondary N) is 2. The molecule has 0 unspecified atom stereocenters. The van der Waals surface area contributed by atoms with Gasteiger partial charge in [-0.1, -0.05) is 48.5 Å². The van der Waals surface area contributed by atoms with E-state index in [-0.39, 0.29) is 28.5 Å². The Morgan fingerprint density at radius 2 is 1.88 bits per heavy atom. The minimum Gasteiger partial charge on any atom is -0.310 e. The Balaban J connectivity index is 1.84. The lowest BCUT2D eigenvalue weighted by molar-refractivity contribution is -0.113. The van der Waals surface area contributed by atoms with Gasteiger partial charge in [0.2, 0.25) is 5.91 Å². The Hall–Kier alpha value is -1.37. The monoisotopic (exact) mass is 411 g/mol. The van der Waals surface area contributed by atoms with E-state index in [1.54, 1.807) is 12.1 Å². The number of hydrogen-bond donors (Lipinski definition) is 2. The Morgan fingerprint density at radius 3 is 2.62 bits per heavy atom. The molecule has 1 atom stereocenters. The number of hydrogen-bond acceptors (Lipinski definition) is 3. The first-order valence-corrected chi connectivity index (χ1v) is 10.6. The van der Waals surface area contributed by atoms with Gasteiger partial charge in [-0.25, -0.2) is 0 Å². The van der Waals surface area contributed by atoms with Crippen LogP contribution >= 0.6 is 35.0 Å². The molecule has 5 nitrogen and oxygen atoms in total. The largest absolute Gasteiger partial charge is 0.310 e. The highest BCUT2D eigenvalue weighted by Gasteiger charge is 2.33. The maximum Gasteiger partial charge on any atom is 0.270 e. The van der Waals surface area contributed by atoms with E-state index in [2.05, 4.69) is 10.4 Å². The van der Waals surface area contributed by atoms with Crippen molar-refractivity contribution in [3.8, 4) is 0 Å². The van der Waals surface area contributed by atoms with Gasteiger partial charge in [-0.15, -0.1) is 11.8 Å². The maximum absolute atomic E-state index is 12.8. The van der Waals surface area contributed by atoms with E-state index in [0.29, 0.717) is 21.4 Å². The topological polar surface area (TPSA) is 66.9 Å². The maximum atomic E-state index is 12.8. The fourth-order valence-electron chi connectivity index (χ4n) is 3.82. The third kappa shape index (κ3) is 3.30. The zero-order valence-electron chi connectivity index (χ0n) is 14.1. The molecule has 26 heavy (non-hydrogen) atoms. The molecular formula is C18H19Cl2N3O2S. The summed E-state index contributed by atoms with van der Waals surface area (Å²) in [6.07, 6.45) is 5.50. The number of aromatic nitrogens is 2. The first-order valence-electron chi connectivity index (χ1n) is 8.75. The Morgan fingerprint density at radius 1 is 1.12 bits per heavy atom. The first kappa shape index (κ1) is 18.0. The summed E-state index contributed by atoms with van der Waals surface area (Å²) in [6.45, 7) is 0. The van der Waals surface area contributed by atoms with Crippen LogP contribution in [0.5, 0.6) is 0 Å². The Bertz CT molecular complexity index is 902. The van der Waals surface area contributed by atoms with E-state index in [9.17, 15) is 9.59 Å². The molecule has 1 fully saturated rings. The molecule has 1 aromatic carbocycles. The van der Waals surface area contributed by atoms with E-state index in [1.165, 1.54) is 18.2 Å². The normalized spacial score (nSPS) is 21.2. The third-order valence-corrected chi connectivity index (χ3v) is 6.86. The summed E-state index contributed by atoms with van der Waals surface area (Å²) in [5, 5.41) is 6.64. The third-order valence-electron chi connectivity index (χ3n) is 5.05. The van der Waals surface area contributed by atoms with Crippen molar-refractivity contribution in [3.63, 3.8) is 0 Å². The molecule has 138 valence electrons. The van der Waals surface area contributed by atoms with E-state index >= 15 is 0 Å². The van der Waals surface area contributed by atoms with Crippen LogP contribution in [-0.2, 0) is 4.79 Å². The molecule has 8 heteroatoms. The second kappa shape index (κ2) is 7.33. The number of fused-ring (bicyclic) bond motifs is 1. The van der Waals surface area contributed by atoms with Crippen LogP contribution < -0.4 is 10.9 Å². The van der Waals surface area contributed by atoms with Gasteiger partial charge in [0.25, 0.3) is 5.56 Å². The molecule has 0 bridgehead atoms. The van der Waals surface area contributed by atoms with Crippen LogP contribution in [0.2, 0.25) is 10.0 Å². The fraction of sp³-hybridized carbons (Fsp3) is 0.444. The van der Waals surface area contributed by atoms with Crippen LogP contribution in [0.4, 0.5) is 5.82 Å². The highest BCUT2D eigenvalue weighted by Crippen LogP contribution is 2.44. The van der Waals surface area contributed by atoms with E-state index in [1.807, 2.05) is 10.7 Å². The van der Waals surface area contributed by atoms with Gasteiger partial charge >= 0.3 is 0 Å². The van der Waals surface area contributed by atoms with Gasteiger partial charge in [0, 0.05) is 10.0 Å². The van der Waals surface area contributed by atoms with E-state index in [0.717, 1.165) is 31.2 Å². The quantitative estimate of drug-likeness (QED) is 0.747. The number of amides is 1. The number of H-pyrrole nitrogens is 1. The van der Waals surface area contributed by atoms with Crippen molar-refractivity contribution in [2.45, 2.75) is 43.4 Å². The molecule has 4 rings (SSSR count). The lowest BCUT2D eigenvalue weighted by atomic mass is 9.95. The van der Waals surface area contributed by atoms with Gasteiger partial charge in [-0.2, -0.15) is 0 Å². The number of anilines is 1. The van der Waals surface area contributed by atoms with Crippen molar-refractivity contribution < 1.29 is 4.79 Å². The molecule has 1 amide bonds. The molecule has 0 spiro atoms. The van der Waals surface area contributed by atoms with Gasteiger partial charge in [0.1, 0.15) is 5.82 Å². The van der Waals surface area contributed by atoms with Crippen LogP contribution in [0, 0.1) is 0 Å². The van der Waals surface area contributed by atoms with E-state index in [4.69, 9.17) is 23.2 Å². The Kier molecular flexibility index (Phi) is 5.08. The van der Waals surface area contributed by atoms with Gasteiger partial charge in [-0.05, 0) is 30.5 Å². The van der Waals surface area contributed by atoms with E-state index < -0.39 is 0 Å². The number of carbonyl (C=O) groups excluding carboxylic acids is 1. The molecule has 2 aromatic rings. The number of nitrogens with zero attached hydrogens (tertiary/aromatic N) is 1. The lowest BCUT2D eigenvalue weighted by Gasteiger charge is -2.24. The molecule has 1 saturated carbocycles. The molecule has 1 aliphatic heterocycles. The molecule has 2 heterocycles. The minimum absolute atomic E-state index is 0.104. The Labute approximate surface area is 165 Å². The van der Waals surface area contributed by atoms with Crippen molar-refractivity contribution in [1.29, 1.82) is 0 Å². The van der Waals surface area contributed by atoms with Crippen molar-refractivity contribution in [3.05, 3.63) is 49.7 Å². The minimum atomic E-state index is -0.317. The molecule has 2 aliphatic rings. The molecule has 0 radical (unpaired) electrons. The summed E-state index contributed by atoms with van der Waals surface area (Å²) in [6, 6.07) is 5.48. The van der Waals surface area contributed by atoms with Crippen molar-refractivity contribution in [1.82, 2.24) is 9.78 Å². The predicted molar refractivity (Wildman–Crippen MR) is 107 cm³/mol. The van der Waals surface area contributed by atoms with Crippen molar-refractivity contribution in [2.75, 3.05) is 11.1 Å². The van der Waals surface area contributed by atoms with Crippen LogP contribution in [0.3, 0.4) is 0 Å². The number of halogens is 2. The number of aromatic amines is 1. The number of thioether (sulfide) groups is 1. The lowest BCUT2D eigenvalue weighted by Crippen LogP contribution is -2.21. The number of rotatable bonds is 2. The average Bonchev–Trinajstić information content (AvgIpc) is 2.83. The molecule has 0 saturated heterocycles. The summed E-state index contributed by atoms with van der Waals surface area (Å²) in [5.74, 6) is 0.753. The molecule has 1 aromatic heterocycles. The number of benzene rings is 1. The fourth-order valence-corrected chi connectivity index (χ4v) is 5.56. The van der Waals surface area contributed by atoms with Crippen LogP contribution in [0.15, 0.2) is 23.0 Å². The average molecular weight is 412 g/mol. The van der Waals surface area contributed by atoms with Crippen molar-refractivity contribution in [2.24, 2.45) is 0 Å². The van der Waals surface area contributed by atoms with Gasteiger partial charge in [0.15, 0.2) is 0 Å². The standard InChI is InChI=1S/C18H19Cl2N3O2S/c19-10-6-7-12(13(20)8-10)16-15-17(21-14(24)9-26-16)23(22-18(15)25)11-4-2-1-3-5-11/h6-8,11,16H,1-5,9H2,(H,21,24)(H,22,25)/t16-/m0/s1. The zero-order chi connectivity index (χ0) is 18.3. The van der Waals surface area contributed by atoms with Crippen molar-refractivity contribution >= 4 is 46.7 Å². The highest BCUT2D eigenvalue weighted by atomic mass is 35.5. The predicted octanol–water partition coefficient (Wildman–Crippen LogP) is 4.76. The zero-order valence-corrected chi connectivity index (χ0v) is 16.4. The summed E-state index contributed by atoms with van der Waals surface area (Å²) in [5.41, 5.74) is 1.19. The summed E-state index contributed by atoms with van der Waals surface area (Å²) in [7, 11) is 0. The highest BCUT2D eigenvalue weighted by molar-refractivity contribution is 8.00. The second-order valence-electron chi connectivity index (χ2n) is 6.77. The second-order valence-corrected chi connectivity index (χ2v) is 8.71. The molecule has 1 aliphatic carbocycles. The number of carbonyl (C=O) groups is 1.